The molecular formula is C23H20ClF3N2O2. The lowest BCUT2D eigenvalue weighted by molar-refractivity contribution is -0.138. The third-order valence-corrected chi connectivity index (χ3v) is 5.11. The van der Waals surface area contributed by atoms with Crippen molar-refractivity contribution in [3.05, 3.63) is 105 Å². The van der Waals surface area contributed by atoms with Crippen molar-refractivity contribution in [3.63, 3.8) is 0 Å². The zero-order valence-electron chi connectivity index (χ0n) is 16.4. The van der Waals surface area contributed by atoms with Crippen LogP contribution >= 0.6 is 11.6 Å². The zero-order valence-corrected chi connectivity index (χ0v) is 17.2. The van der Waals surface area contributed by atoms with Crippen LogP contribution in [0, 0.1) is 0 Å². The smallest absolute Gasteiger partial charge is 0.355 e. The molecule has 4 nitrogen and oxygen atoms in total. The van der Waals surface area contributed by atoms with E-state index in [0.717, 1.165) is 11.1 Å². The number of benzene rings is 2. The molecule has 31 heavy (non-hydrogen) atoms. The highest BCUT2D eigenvalue weighted by molar-refractivity contribution is 6.30. The van der Waals surface area contributed by atoms with E-state index in [9.17, 15) is 22.8 Å². The fourth-order valence-electron chi connectivity index (χ4n) is 3.33. The van der Waals surface area contributed by atoms with Crippen LogP contribution in [0.15, 0.2) is 77.7 Å². The predicted molar refractivity (Wildman–Crippen MR) is 113 cm³/mol. The summed E-state index contributed by atoms with van der Waals surface area (Å²) in [6, 6.07) is 20.2. The van der Waals surface area contributed by atoms with Crippen LogP contribution < -0.4 is 10.9 Å². The van der Waals surface area contributed by atoms with Crippen LogP contribution in [0.25, 0.3) is 0 Å². The van der Waals surface area contributed by atoms with Crippen LogP contribution in [0.5, 0.6) is 0 Å². The molecule has 0 fully saturated rings. The van der Waals surface area contributed by atoms with Crippen molar-refractivity contribution in [2.75, 3.05) is 6.54 Å². The minimum absolute atomic E-state index is 0.0356. The maximum atomic E-state index is 13.0. The van der Waals surface area contributed by atoms with E-state index in [1.54, 1.807) is 0 Å². The van der Waals surface area contributed by atoms with E-state index in [2.05, 4.69) is 5.32 Å². The number of hydrogen-bond acceptors (Lipinski definition) is 2. The maximum absolute atomic E-state index is 13.0. The van der Waals surface area contributed by atoms with E-state index in [1.165, 1.54) is 0 Å². The van der Waals surface area contributed by atoms with Gasteiger partial charge in [0.1, 0.15) is 11.6 Å². The third kappa shape index (κ3) is 5.98. The second-order valence-corrected chi connectivity index (χ2v) is 7.43. The highest BCUT2D eigenvalue weighted by atomic mass is 35.5. The van der Waals surface area contributed by atoms with Gasteiger partial charge in [-0.2, -0.15) is 13.2 Å². The van der Waals surface area contributed by atoms with Crippen molar-refractivity contribution in [1.82, 2.24) is 9.88 Å². The molecule has 0 spiro atoms. The first kappa shape index (κ1) is 22.6. The van der Waals surface area contributed by atoms with Crippen LogP contribution in [-0.4, -0.2) is 17.0 Å². The summed E-state index contributed by atoms with van der Waals surface area (Å²) in [4.78, 5) is 24.3. The standard InChI is InChI=1S/C23H20ClF3N2O2/c24-20-13-18(23(25,26)27)14-29(22(20)31)15-21(30)28-12-11-19(16-7-3-1-4-8-16)17-9-5-2-6-10-17/h1-10,13-14,19H,11-12,15H2,(H,28,30). The second kappa shape index (κ2) is 9.83. The molecule has 2 aromatic carbocycles. The van der Waals surface area contributed by atoms with Crippen LogP contribution in [-0.2, 0) is 17.5 Å². The summed E-state index contributed by atoms with van der Waals surface area (Å²) in [6.07, 6.45) is -3.49. The predicted octanol–water partition coefficient (Wildman–Crippen LogP) is 4.86. The van der Waals surface area contributed by atoms with Crippen LogP contribution in [0.3, 0.4) is 0 Å². The number of rotatable bonds is 7. The molecule has 0 unspecified atom stereocenters. The fourth-order valence-corrected chi connectivity index (χ4v) is 3.56. The van der Waals surface area contributed by atoms with Gasteiger partial charge in [-0.05, 0) is 23.6 Å². The first-order valence-corrected chi connectivity index (χ1v) is 9.97. The molecule has 0 aliphatic rings. The van der Waals surface area contributed by atoms with E-state index in [1.807, 2.05) is 60.7 Å². The van der Waals surface area contributed by atoms with Gasteiger partial charge in [-0.15, -0.1) is 0 Å². The van der Waals surface area contributed by atoms with Crippen molar-refractivity contribution in [1.29, 1.82) is 0 Å². The van der Waals surface area contributed by atoms with Gasteiger partial charge in [0.05, 0.1) is 5.56 Å². The molecule has 162 valence electrons. The Hall–Kier alpha value is -3.06. The molecule has 1 aromatic heterocycles. The Morgan fingerprint density at radius 3 is 2.06 bits per heavy atom. The van der Waals surface area contributed by atoms with Crippen molar-refractivity contribution in [3.8, 4) is 0 Å². The summed E-state index contributed by atoms with van der Waals surface area (Å²) in [6.45, 7) is -0.265. The summed E-state index contributed by atoms with van der Waals surface area (Å²) in [7, 11) is 0. The van der Waals surface area contributed by atoms with Gasteiger partial charge in [-0.1, -0.05) is 72.3 Å². The molecule has 1 N–H and O–H groups in total. The van der Waals surface area contributed by atoms with Gasteiger partial charge in [-0.25, -0.2) is 0 Å². The lowest BCUT2D eigenvalue weighted by atomic mass is 9.88. The average Bonchev–Trinajstić information content (AvgIpc) is 2.75. The average molecular weight is 449 g/mol. The molecule has 0 saturated carbocycles. The highest BCUT2D eigenvalue weighted by Crippen LogP contribution is 2.30. The molecule has 1 heterocycles. The van der Waals surface area contributed by atoms with Gasteiger partial charge < -0.3 is 9.88 Å². The van der Waals surface area contributed by atoms with E-state index in [4.69, 9.17) is 11.6 Å². The number of hydrogen-bond donors (Lipinski definition) is 1. The van der Waals surface area contributed by atoms with Crippen molar-refractivity contribution in [2.24, 2.45) is 0 Å². The van der Waals surface area contributed by atoms with Crippen LogP contribution in [0.2, 0.25) is 5.02 Å². The second-order valence-electron chi connectivity index (χ2n) is 7.02. The summed E-state index contributed by atoms with van der Waals surface area (Å²) < 4.78 is 39.5. The van der Waals surface area contributed by atoms with E-state index in [-0.39, 0.29) is 12.5 Å². The number of carbonyl (C=O) groups is 1. The summed E-state index contributed by atoms with van der Waals surface area (Å²) in [5.74, 6) is -0.536. The summed E-state index contributed by atoms with van der Waals surface area (Å²) in [5, 5.41) is 2.10. The quantitative estimate of drug-likeness (QED) is 0.561. The number of pyridine rings is 1. The molecule has 0 aliphatic heterocycles. The summed E-state index contributed by atoms with van der Waals surface area (Å²) >= 11 is 5.63. The number of aromatic nitrogens is 1. The minimum Gasteiger partial charge on any atom is -0.355 e. The SMILES string of the molecule is O=C(Cn1cc(C(F)(F)F)cc(Cl)c1=O)NCCC(c1ccccc1)c1ccccc1. The minimum atomic E-state index is -4.67. The third-order valence-electron chi connectivity index (χ3n) is 4.84. The van der Waals surface area contributed by atoms with Gasteiger partial charge in [0, 0.05) is 18.7 Å². The summed E-state index contributed by atoms with van der Waals surface area (Å²) in [5.41, 5.74) is 0.238. The number of amides is 1. The van der Waals surface area contributed by atoms with Crippen molar-refractivity contribution < 1.29 is 18.0 Å². The number of nitrogens with one attached hydrogen (secondary N) is 1. The molecule has 3 aromatic rings. The largest absolute Gasteiger partial charge is 0.417 e. The lowest BCUT2D eigenvalue weighted by Crippen LogP contribution is -2.34. The Morgan fingerprint density at radius 2 is 1.55 bits per heavy atom. The van der Waals surface area contributed by atoms with Crippen molar-refractivity contribution >= 4 is 17.5 Å². The van der Waals surface area contributed by atoms with Crippen LogP contribution in [0.1, 0.15) is 29.0 Å². The molecule has 8 heteroatoms. The van der Waals surface area contributed by atoms with E-state index >= 15 is 0 Å². The Bertz CT molecular complexity index is 1040. The lowest BCUT2D eigenvalue weighted by Gasteiger charge is -2.18. The van der Waals surface area contributed by atoms with Gasteiger partial charge in [0.25, 0.3) is 5.56 Å². The first-order valence-electron chi connectivity index (χ1n) is 9.59. The zero-order chi connectivity index (χ0) is 22.4. The Balaban J connectivity index is 1.68. The number of halogens is 4. The van der Waals surface area contributed by atoms with Crippen molar-refractivity contribution in [2.45, 2.75) is 25.1 Å². The molecule has 0 radical (unpaired) electrons. The van der Waals surface area contributed by atoms with Gasteiger partial charge >= 0.3 is 6.18 Å². The van der Waals surface area contributed by atoms with Gasteiger partial charge in [0.2, 0.25) is 5.91 Å². The molecule has 0 saturated heterocycles. The number of nitrogens with zero attached hydrogens (tertiary/aromatic N) is 1. The topological polar surface area (TPSA) is 51.1 Å². The molecular weight excluding hydrogens is 429 g/mol. The van der Waals surface area contributed by atoms with E-state index in [0.29, 0.717) is 23.3 Å². The number of alkyl halides is 3. The van der Waals surface area contributed by atoms with Crippen LogP contribution in [0.4, 0.5) is 13.2 Å². The Labute approximate surface area is 182 Å². The Kier molecular flexibility index (Phi) is 7.17. The monoisotopic (exact) mass is 448 g/mol. The van der Waals surface area contributed by atoms with E-state index < -0.39 is 34.8 Å². The van der Waals surface area contributed by atoms with Gasteiger partial charge in [0.15, 0.2) is 0 Å². The molecule has 3 rings (SSSR count). The molecule has 1 amide bonds. The van der Waals surface area contributed by atoms with Gasteiger partial charge in [-0.3, -0.25) is 9.59 Å². The maximum Gasteiger partial charge on any atom is 0.417 e. The fraction of sp³-hybridized carbons (Fsp3) is 0.217. The molecule has 0 bridgehead atoms. The normalized spacial score (nSPS) is 11.5. The first-order chi connectivity index (χ1) is 14.8. The highest BCUT2D eigenvalue weighted by Gasteiger charge is 2.32. The number of carbonyl (C=O) groups excluding carboxylic acids is 1. The Morgan fingerprint density at radius 1 is 1.00 bits per heavy atom. The molecule has 0 atom stereocenters. The molecule has 0 aliphatic carbocycles.